The van der Waals surface area contributed by atoms with Crippen molar-refractivity contribution < 1.29 is 0 Å². The fourth-order valence-corrected chi connectivity index (χ4v) is 1.45. The van der Waals surface area contributed by atoms with Crippen LogP contribution in [0.1, 0.15) is 25.6 Å². The monoisotopic (exact) mass is 206 g/mol. The minimum atomic E-state index is -1.27. The average molecular weight is 206 g/mol. The fourth-order valence-electron chi connectivity index (χ4n) is 0.944. The van der Waals surface area contributed by atoms with Gasteiger partial charge in [0.1, 0.15) is 13.8 Å². The lowest BCUT2D eigenvalue weighted by molar-refractivity contribution is 0.531. The minimum Gasteiger partial charge on any atom is -0.269 e. The van der Waals surface area contributed by atoms with Crippen molar-refractivity contribution in [2.75, 3.05) is 0 Å². The van der Waals surface area contributed by atoms with Crippen LogP contribution in [0.4, 0.5) is 0 Å². The molecule has 3 heteroatoms. The third-order valence-corrected chi connectivity index (χ3v) is 2.58. The summed E-state index contributed by atoms with van der Waals surface area (Å²) in [5.74, 6) is 3.14. The van der Waals surface area contributed by atoms with E-state index < -0.39 is 8.07 Å². The summed E-state index contributed by atoms with van der Waals surface area (Å²) < 4.78 is 1.94. The van der Waals surface area contributed by atoms with Crippen molar-refractivity contribution in [1.82, 2.24) is 9.78 Å². The molecule has 0 aliphatic carbocycles. The molecule has 1 heterocycles. The second-order valence-corrected chi connectivity index (χ2v) is 9.52. The molecule has 1 rings (SSSR count). The van der Waals surface area contributed by atoms with Gasteiger partial charge in [-0.15, -0.1) is 5.54 Å². The van der Waals surface area contributed by atoms with Crippen LogP contribution in [0.25, 0.3) is 0 Å². The molecule has 0 fully saturated rings. The van der Waals surface area contributed by atoms with Crippen molar-refractivity contribution >= 4 is 8.07 Å². The van der Waals surface area contributed by atoms with Crippen LogP contribution in [0.3, 0.4) is 0 Å². The molecule has 0 saturated heterocycles. The first kappa shape index (κ1) is 11.1. The molecule has 0 saturated carbocycles. The Morgan fingerprint density at radius 2 is 2.00 bits per heavy atom. The fraction of sp³-hybridized carbons (Fsp3) is 0.545. The predicted octanol–water partition coefficient (Wildman–Crippen LogP) is 2.69. The topological polar surface area (TPSA) is 17.8 Å². The lowest BCUT2D eigenvalue weighted by atomic mass is 10.4. The van der Waals surface area contributed by atoms with E-state index in [4.69, 9.17) is 0 Å². The van der Waals surface area contributed by atoms with E-state index >= 15 is 0 Å². The first-order valence-corrected chi connectivity index (χ1v) is 8.47. The number of hydrogen-bond donors (Lipinski definition) is 0. The SMILES string of the molecule is CC(C)n1ccc(C#C[Si](C)(C)C)n1. The van der Waals surface area contributed by atoms with E-state index in [2.05, 4.69) is 50.1 Å². The maximum Gasteiger partial charge on any atom is 0.134 e. The summed E-state index contributed by atoms with van der Waals surface area (Å²) in [6.07, 6.45) is 1.99. The summed E-state index contributed by atoms with van der Waals surface area (Å²) in [4.78, 5) is 0. The van der Waals surface area contributed by atoms with Gasteiger partial charge in [-0.2, -0.15) is 5.10 Å². The smallest absolute Gasteiger partial charge is 0.134 e. The normalized spacial score (nSPS) is 11.3. The van der Waals surface area contributed by atoms with Crippen LogP contribution < -0.4 is 0 Å². The maximum atomic E-state index is 4.38. The Morgan fingerprint density at radius 3 is 2.43 bits per heavy atom. The Kier molecular flexibility index (Phi) is 3.17. The Hall–Kier alpha value is -1.01. The average Bonchev–Trinajstić information content (AvgIpc) is 2.47. The zero-order chi connectivity index (χ0) is 10.8. The zero-order valence-corrected chi connectivity index (χ0v) is 10.6. The molecule has 1 aromatic rings. The maximum absolute atomic E-state index is 4.38. The quantitative estimate of drug-likeness (QED) is 0.510. The van der Waals surface area contributed by atoms with E-state index in [-0.39, 0.29) is 0 Å². The zero-order valence-electron chi connectivity index (χ0n) is 9.63. The lowest BCUT2D eigenvalue weighted by Gasteiger charge is -2.03. The molecule has 0 aromatic carbocycles. The van der Waals surface area contributed by atoms with Gasteiger partial charge in [0.05, 0.1) is 0 Å². The number of rotatable bonds is 1. The van der Waals surface area contributed by atoms with Gasteiger partial charge < -0.3 is 0 Å². The lowest BCUT2D eigenvalue weighted by Crippen LogP contribution is -2.16. The Morgan fingerprint density at radius 1 is 1.36 bits per heavy atom. The highest BCUT2D eigenvalue weighted by atomic mass is 28.3. The molecule has 0 aliphatic rings. The summed E-state index contributed by atoms with van der Waals surface area (Å²) >= 11 is 0. The Labute approximate surface area is 87.3 Å². The first-order chi connectivity index (χ1) is 6.38. The van der Waals surface area contributed by atoms with Gasteiger partial charge in [0.2, 0.25) is 0 Å². The summed E-state index contributed by atoms with van der Waals surface area (Å²) in [6, 6.07) is 2.39. The Bertz CT molecular complexity index is 361. The molecule has 2 nitrogen and oxygen atoms in total. The largest absolute Gasteiger partial charge is 0.269 e. The molecule has 14 heavy (non-hydrogen) atoms. The van der Waals surface area contributed by atoms with Crippen molar-refractivity contribution in [3.63, 3.8) is 0 Å². The van der Waals surface area contributed by atoms with E-state index in [0.717, 1.165) is 5.69 Å². The predicted molar refractivity (Wildman–Crippen MR) is 62.8 cm³/mol. The highest BCUT2D eigenvalue weighted by molar-refractivity contribution is 6.83. The number of hydrogen-bond acceptors (Lipinski definition) is 1. The van der Waals surface area contributed by atoms with Gasteiger partial charge in [-0.05, 0) is 19.9 Å². The van der Waals surface area contributed by atoms with Crippen molar-refractivity contribution in [1.29, 1.82) is 0 Å². The van der Waals surface area contributed by atoms with E-state index in [1.165, 1.54) is 0 Å². The van der Waals surface area contributed by atoms with Gasteiger partial charge in [0.25, 0.3) is 0 Å². The molecular formula is C11H18N2Si. The van der Waals surface area contributed by atoms with Crippen LogP contribution in [-0.2, 0) is 0 Å². The summed E-state index contributed by atoms with van der Waals surface area (Å²) in [5.41, 5.74) is 4.19. The van der Waals surface area contributed by atoms with Gasteiger partial charge in [-0.3, -0.25) is 4.68 Å². The van der Waals surface area contributed by atoms with Crippen molar-refractivity contribution in [3.05, 3.63) is 18.0 Å². The molecule has 0 aliphatic heterocycles. The molecule has 1 aromatic heterocycles. The van der Waals surface area contributed by atoms with E-state index in [1.807, 2.05) is 16.9 Å². The van der Waals surface area contributed by atoms with E-state index in [9.17, 15) is 0 Å². The molecule has 0 spiro atoms. The third-order valence-electron chi connectivity index (χ3n) is 1.70. The second kappa shape index (κ2) is 4.01. The van der Waals surface area contributed by atoms with Crippen LogP contribution >= 0.6 is 0 Å². The summed E-state index contributed by atoms with van der Waals surface area (Å²) in [7, 11) is -1.27. The third kappa shape index (κ3) is 3.39. The van der Waals surface area contributed by atoms with Crippen LogP contribution in [-0.4, -0.2) is 17.9 Å². The number of aromatic nitrogens is 2. The second-order valence-electron chi connectivity index (χ2n) is 4.77. The highest BCUT2D eigenvalue weighted by Crippen LogP contribution is 2.04. The summed E-state index contributed by atoms with van der Waals surface area (Å²) in [5, 5.41) is 4.38. The minimum absolute atomic E-state index is 0.414. The molecular weight excluding hydrogens is 188 g/mol. The van der Waals surface area contributed by atoms with E-state index in [1.54, 1.807) is 0 Å². The first-order valence-electron chi connectivity index (χ1n) is 4.97. The molecule has 0 unspecified atom stereocenters. The molecule has 0 atom stereocenters. The van der Waals surface area contributed by atoms with Crippen LogP contribution in [0.2, 0.25) is 19.6 Å². The molecule has 0 N–H and O–H groups in total. The van der Waals surface area contributed by atoms with Crippen LogP contribution in [0.5, 0.6) is 0 Å². The van der Waals surface area contributed by atoms with Crippen molar-refractivity contribution in [3.8, 4) is 11.5 Å². The van der Waals surface area contributed by atoms with Gasteiger partial charge in [-0.25, -0.2) is 0 Å². The van der Waals surface area contributed by atoms with Gasteiger partial charge >= 0.3 is 0 Å². The summed E-state index contributed by atoms with van der Waals surface area (Å²) in [6.45, 7) is 10.9. The number of nitrogens with zero attached hydrogens (tertiary/aromatic N) is 2. The van der Waals surface area contributed by atoms with Crippen molar-refractivity contribution in [2.24, 2.45) is 0 Å². The molecule has 0 amide bonds. The highest BCUT2D eigenvalue weighted by Gasteiger charge is 2.07. The van der Waals surface area contributed by atoms with Crippen molar-refractivity contribution in [2.45, 2.75) is 39.5 Å². The molecule has 76 valence electrons. The van der Waals surface area contributed by atoms with Crippen LogP contribution in [0.15, 0.2) is 12.3 Å². The van der Waals surface area contributed by atoms with Crippen LogP contribution in [0, 0.1) is 11.5 Å². The standard InChI is InChI=1S/C11H18N2Si/c1-10(2)13-8-6-11(12-13)7-9-14(3,4)5/h6,8,10H,1-5H3. The van der Waals surface area contributed by atoms with Gasteiger partial charge in [0.15, 0.2) is 0 Å². The van der Waals surface area contributed by atoms with Gasteiger partial charge in [0, 0.05) is 12.2 Å². The Balaban J connectivity index is 2.82. The molecule has 0 radical (unpaired) electrons. The van der Waals surface area contributed by atoms with Gasteiger partial charge in [-0.1, -0.05) is 25.6 Å². The molecule has 0 bridgehead atoms. The van der Waals surface area contributed by atoms with E-state index in [0.29, 0.717) is 6.04 Å².